The molecule has 1 unspecified atom stereocenters. The molecule has 0 saturated carbocycles. The summed E-state index contributed by atoms with van der Waals surface area (Å²) in [5, 5.41) is 6.52. The van der Waals surface area contributed by atoms with Crippen LogP contribution in [-0.4, -0.2) is 30.0 Å². The van der Waals surface area contributed by atoms with Crippen LogP contribution >= 0.6 is 0 Å². The Balaban J connectivity index is 1.62. The first kappa shape index (κ1) is 19.4. The molecule has 0 bridgehead atoms. The Morgan fingerprint density at radius 1 is 1.19 bits per heavy atom. The third-order valence-corrected chi connectivity index (χ3v) is 5.05. The van der Waals surface area contributed by atoms with Crippen LogP contribution < -0.4 is 15.5 Å². The Morgan fingerprint density at radius 3 is 2.70 bits per heavy atom. The number of aromatic nitrogens is 1. The zero-order valence-electron chi connectivity index (χ0n) is 16.2. The van der Waals surface area contributed by atoms with E-state index in [1.807, 2.05) is 24.3 Å². The lowest BCUT2D eigenvalue weighted by Crippen LogP contribution is -2.40. The van der Waals surface area contributed by atoms with Crippen molar-refractivity contribution in [3.63, 3.8) is 0 Å². The van der Waals surface area contributed by atoms with Gasteiger partial charge in [0.25, 0.3) is 0 Å². The molecule has 144 valence electrons. The zero-order chi connectivity index (χ0) is 18.9. The van der Waals surface area contributed by atoms with Crippen molar-refractivity contribution in [3.05, 3.63) is 54.4 Å². The second kappa shape index (κ2) is 10.1. The van der Waals surface area contributed by atoms with Gasteiger partial charge in [-0.1, -0.05) is 25.8 Å². The highest BCUT2D eigenvalue weighted by Gasteiger charge is 2.18. The number of amides is 1. The van der Waals surface area contributed by atoms with Crippen LogP contribution in [0.4, 0.5) is 11.4 Å². The molecular formula is C22H30N4O. The van der Waals surface area contributed by atoms with Gasteiger partial charge in [0.05, 0.1) is 6.04 Å². The van der Waals surface area contributed by atoms with E-state index >= 15 is 0 Å². The minimum atomic E-state index is -0.200. The molecule has 1 aromatic carbocycles. The van der Waals surface area contributed by atoms with E-state index in [1.165, 1.54) is 18.5 Å². The van der Waals surface area contributed by atoms with E-state index in [0.717, 1.165) is 43.6 Å². The number of anilines is 2. The molecule has 1 aliphatic rings. The second-order valence-corrected chi connectivity index (χ2v) is 7.16. The summed E-state index contributed by atoms with van der Waals surface area (Å²) >= 11 is 0. The maximum absolute atomic E-state index is 12.9. The Bertz CT molecular complexity index is 713. The molecule has 1 fully saturated rings. The highest BCUT2D eigenvalue weighted by atomic mass is 16.2. The predicted octanol–water partition coefficient (Wildman–Crippen LogP) is 3.97. The molecule has 3 rings (SSSR count). The fraction of sp³-hybridized carbons (Fsp3) is 0.455. The summed E-state index contributed by atoms with van der Waals surface area (Å²) in [4.78, 5) is 19.3. The molecular weight excluding hydrogens is 336 g/mol. The number of hydrogen-bond donors (Lipinski definition) is 2. The van der Waals surface area contributed by atoms with Crippen LogP contribution in [-0.2, 0) is 11.3 Å². The molecule has 0 aliphatic carbocycles. The summed E-state index contributed by atoms with van der Waals surface area (Å²) < 4.78 is 0. The molecule has 1 aliphatic heterocycles. The van der Waals surface area contributed by atoms with Gasteiger partial charge < -0.3 is 15.5 Å². The number of benzene rings is 1. The lowest BCUT2D eigenvalue weighted by Gasteiger charge is -2.21. The van der Waals surface area contributed by atoms with Crippen molar-refractivity contribution < 1.29 is 4.79 Å². The smallest absolute Gasteiger partial charge is 0.241 e. The average Bonchev–Trinajstić information content (AvgIpc) is 3.24. The first-order valence-electron chi connectivity index (χ1n) is 10.0. The van der Waals surface area contributed by atoms with Crippen molar-refractivity contribution in [2.24, 2.45) is 0 Å². The molecule has 0 radical (unpaired) electrons. The van der Waals surface area contributed by atoms with Gasteiger partial charge in [0.15, 0.2) is 0 Å². The van der Waals surface area contributed by atoms with Crippen molar-refractivity contribution in [2.45, 2.75) is 51.6 Å². The quantitative estimate of drug-likeness (QED) is 0.705. The fourth-order valence-electron chi connectivity index (χ4n) is 3.46. The van der Waals surface area contributed by atoms with Crippen molar-refractivity contribution in [1.82, 2.24) is 10.3 Å². The fourth-order valence-corrected chi connectivity index (χ4v) is 3.46. The van der Waals surface area contributed by atoms with Gasteiger partial charge in [-0.25, -0.2) is 0 Å². The molecule has 5 heteroatoms. The number of nitrogens with zero attached hydrogens (tertiary/aromatic N) is 2. The van der Waals surface area contributed by atoms with E-state index in [-0.39, 0.29) is 11.9 Å². The van der Waals surface area contributed by atoms with Crippen LogP contribution in [0.1, 0.15) is 44.6 Å². The molecule has 27 heavy (non-hydrogen) atoms. The van der Waals surface area contributed by atoms with E-state index in [0.29, 0.717) is 6.54 Å². The Morgan fingerprint density at radius 2 is 1.96 bits per heavy atom. The van der Waals surface area contributed by atoms with Crippen LogP contribution in [0.2, 0.25) is 0 Å². The van der Waals surface area contributed by atoms with Crippen LogP contribution in [0.3, 0.4) is 0 Å². The number of rotatable bonds is 9. The molecule has 2 aromatic rings. The molecule has 2 heterocycles. The van der Waals surface area contributed by atoms with Crippen molar-refractivity contribution in [3.8, 4) is 0 Å². The van der Waals surface area contributed by atoms with Crippen molar-refractivity contribution in [1.29, 1.82) is 0 Å². The van der Waals surface area contributed by atoms with Gasteiger partial charge >= 0.3 is 0 Å². The van der Waals surface area contributed by atoms with Gasteiger partial charge in [0, 0.05) is 43.4 Å². The highest BCUT2D eigenvalue weighted by molar-refractivity contribution is 5.95. The second-order valence-electron chi connectivity index (χ2n) is 7.16. The number of unbranched alkanes of at least 4 members (excludes halogenated alkanes) is 1. The minimum absolute atomic E-state index is 0.0380. The van der Waals surface area contributed by atoms with E-state index in [4.69, 9.17) is 0 Å². The monoisotopic (exact) mass is 366 g/mol. The van der Waals surface area contributed by atoms with Crippen molar-refractivity contribution in [2.75, 3.05) is 23.3 Å². The van der Waals surface area contributed by atoms with Gasteiger partial charge in [0.1, 0.15) is 0 Å². The lowest BCUT2D eigenvalue weighted by atomic mass is 10.1. The van der Waals surface area contributed by atoms with Gasteiger partial charge in [0.2, 0.25) is 5.91 Å². The van der Waals surface area contributed by atoms with Gasteiger partial charge in [-0.2, -0.15) is 0 Å². The predicted molar refractivity (Wildman–Crippen MR) is 111 cm³/mol. The maximum atomic E-state index is 12.9. The normalized spacial score (nSPS) is 14.9. The molecule has 2 N–H and O–H groups in total. The Kier molecular flexibility index (Phi) is 7.22. The van der Waals surface area contributed by atoms with E-state index < -0.39 is 0 Å². The van der Waals surface area contributed by atoms with E-state index in [2.05, 4.69) is 39.6 Å². The van der Waals surface area contributed by atoms with Gasteiger partial charge in [-0.15, -0.1) is 0 Å². The lowest BCUT2D eigenvalue weighted by molar-refractivity contribution is -0.118. The summed E-state index contributed by atoms with van der Waals surface area (Å²) in [5.74, 6) is 0.0380. The zero-order valence-corrected chi connectivity index (χ0v) is 16.2. The summed E-state index contributed by atoms with van der Waals surface area (Å²) in [6, 6.07) is 11.9. The number of pyridine rings is 1. The summed E-state index contributed by atoms with van der Waals surface area (Å²) in [5.41, 5.74) is 3.20. The first-order valence-corrected chi connectivity index (χ1v) is 10.0. The standard InChI is InChI=1S/C22H30N4O/c1-2-3-9-21(24-17-18-10-12-23-13-11-18)22(27)25-19-7-6-8-20(16-19)26-14-4-5-15-26/h6-8,10-13,16,21,24H,2-5,9,14-15,17H2,1H3,(H,25,27). The Labute approximate surface area is 162 Å². The average molecular weight is 367 g/mol. The Hall–Kier alpha value is -2.40. The van der Waals surface area contributed by atoms with E-state index in [1.54, 1.807) is 12.4 Å². The summed E-state index contributed by atoms with van der Waals surface area (Å²) in [7, 11) is 0. The van der Waals surface area contributed by atoms with Gasteiger partial charge in [-0.3, -0.25) is 9.78 Å². The molecule has 1 aromatic heterocycles. The van der Waals surface area contributed by atoms with Crippen LogP contribution in [0.15, 0.2) is 48.8 Å². The molecule has 1 saturated heterocycles. The molecule has 1 amide bonds. The molecule has 5 nitrogen and oxygen atoms in total. The number of nitrogens with one attached hydrogen (secondary N) is 2. The number of carbonyl (C=O) groups excluding carboxylic acids is 1. The largest absolute Gasteiger partial charge is 0.371 e. The minimum Gasteiger partial charge on any atom is -0.371 e. The third kappa shape index (κ3) is 5.79. The number of hydrogen-bond acceptors (Lipinski definition) is 4. The topological polar surface area (TPSA) is 57.3 Å². The third-order valence-electron chi connectivity index (χ3n) is 5.05. The summed E-state index contributed by atoms with van der Waals surface area (Å²) in [6.07, 6.45) is 8.98. The van der Waals surface area contributed by atoms with Crippen molar-refractivity contribution >= 4 is 17.3 Å². The first-order chi connectivity index (χ1) is 13.3. The molecule has 1 atom stereocenters. The SMILES string of the molecule is CCCCC(NCc1ccncc1)C(=O)Nc1cccc(N2CCCC2)c1. The van der Waals surface area contributed by atoms with Gasteiger partial charge in [-0.05, 0) is 55.2 Å². The number of carbonyl (C=O) groups is 1. The summed E-state index contributed by atoms with van der Waals surface area (Å²) in [6.45, 7) is 5.02. The maximum Gasteiger partial charge on any atom is 0.241 e. The molecule has 0 spiro atoms. The van der Waals surface area contributed by atoms with Crippen LogP contribution in [0.5, 0.6) is 0 Å². The van der Waals surface area contributed by atoms with Crippen LogP contribution in [0, 0.1) is 0 Å². The van der Waals surface area contributed by atoms with Crippen LogP contribution in [0.25, 0.3) is 0 Å². The van der Waals surface area contributed by atoms with E-state index in [9.17, 15) is 4.79 Å². The highest BCUT2D eigenvalue weighted by Crippen LogP contribution is 2.23.